The van der Waals surface area contributed by atoms with Gasteiger partial charge in [-0.15, -0.1) is 0 Å². The first-order chi connectivity index (χ1) is 17.1. The van der Waals surface area contributed by atoms with Gasteiger partial charge in [-0.2, -0.15) is 0 Å². The Balaban J connectivity index is 1.62. The van der Waals surface area contributed by atoms with Crippen LogP contribution in [0, 0.1) is 20.8 Å². The maximum Gasteiger partial charge on any atom is 0.373 e. The second-order valence-electron chi connectivity index (χ2n) is 8.18. The zero-order valence-corrected chi connectivity index (χ0v) is 21.2. The van der Waals surface area contributed by atoms with Crippen LogP contribution in [0.1, 0.15) is 49.2 Å². The zero-order valence-electron chi connectivity index (χ0n) is 20.4. The predicted molar refractivity (Wildman–Crippen MR) is 133 cm³/mol. The minimum Gasteiger partial charge on any atom is -0.465 e. The highest BCUT2D eigenvalue weighted by atomic mass is 32.2. The number of rotatable bonds is 6. The highest BCUT2D eigenvalue weighted by Crippen LogP contribution is 2.35. The third-order valence-corrected chi connectivity index (χ3v) is 6.77. The lowest BCUT2D eigenvalue weighted by Crippen LogP contribution is -2.27. The number of benzene rings is 1. The number of aromatic nitrogens is 1. The van der Waals surface area contributed by atoms with E-state index >= 15 is 0 Å². The molecule has 9 nitrogen and oxygen atoms in total. The lowest BCUT2D eigenvalue weighted by Gasteiger charge is -2.14. The number of esters is 2. The van der Waals surface area contributed by atoms with E-state index in [1.54, 1.807) is 18.2 Å². The number of hydrogen-bond donors (Lipinski definition) is 0. The summed E-state index contributed by atoms with van der Waals surface area (Å²) in [4.78, 5) is 50.6. The Hall–Kier alpha value is -4.05. The van der Waals surface area contributed by atoms with E-state index in [2.05, 4.69) is 4.74 Å². The van der Waals surface area contributed by atoms with Crippen molar-refractivity contribution in [3.05, 3.63) is 80.9 Å². The van der Waals surface area contributed by atoms with Crippen molar-refractivity contribution >= 4 is 40.9 Å². The van der Waals surface area contributed by atoms with E-state index in [4.69, 9.17) is 9.15 Å². The molecule has 3 heterocycles. The molecule has 0 unspecified atom stereocenters. The van der Waals surface area contributed by atoms with Crippen molar-refractivity contribution in [3.63, 3.8) is 0 Å². The molecule has 0 saturated carbocycles. The first-order valence-corrected chi connectivity index (χ1v) is 11.8. The van der Waals surface area contributed by atoms with E-state index in [9.17, 15) is 19.2 Å². The van der Waals surface area contributed by atoms with Crippen molar-refractivity contribution in [2.45, 2.75) is 27.3 Å². The van der Waals surface area contributed by atoms with Crippen LogP contribution in [0.15, 0.2) is 45.7 Å². The number of nitrogens with zero attached hydrogens (tertiary/aromatic N) is 2. The zero-order chi connectivity index (χ0) is 26.1. The van der Waals surface area contributed by atoms with Gasteiger partial charge >= 0.3 is 11.9 Å². The van der Waals surface area contributed by atoms with E-state index in [1.165, 1.54) is 26.4 Å². The average molecular weight is 509 g/mol. The number of methoxy groups -OCH3 is 2. The number of ether oxygens (including phenoxy) is 2. The fraction of sp³-hybridized carbons (Fsp3) is 0.231. The Morgan fingerprint density at radius 1 is 1.00 bits per heavy atom. The summed E-state index contributed by atoms with van der Waals surface area (Å²) in [6.07, 6.45) is 1.69. The number of aryl methyl sites for hydroxylation is 2. The highest BCUT2D eigenvalue weighted by molar-refractivity contribution is 8.18. The standard InChI is InChI=1S/C26H24N2O7S/c1-14-6-7-17(24(30)33-4)11-20(14)28-15(2)10-18(16(28)3)12-22-23(29)27(26(32)36-22)13-19-8-9-21(35-19)25(31)34-5/h6-12H,13H2,1-5H3/b22-12+. The van der Waals surface area contributed by atoms with Gasteiger partial charge < -0.3 is 18.5 Å². The van der Waals surface area contributed by atoms with Gasteiger partial charge in [0.25, 0.3) is 11.1 Å². The van der Waals surface area contributed by atoms with Crippen molar-refractivity contribution in [1.29, 1.82) is 0 Å². The number of hydrogen-bond acceptors (Lipinski definition) is 8. The summed E-state index contributed by atoms with van der Waals surface area (Å²) >= 11 is 0.840. The van der Waals surface area contributed by atoms with Crippen LogP contribution in [0.25, 0.3) is 11.8 Å². The molecule has 3 aromatic rings. The molecule has 1 aromatic carbocycles. The van der Waals surface area contributed by atoms with Crippen LogP contribution in [0.3, 0.4) is 0 Å². The number of imide groups is 1. The molecular formula is C26H24N2O7S. The molecule has 4 rings (SSSR count). The Morgan fingerprint density at radius 2 is 1.72 bits per heavy atom. The Labute approximate surface area is 211 Å². The highest BCUT2D eigenvalue weighted by Gasteiger charge is 2.36. The largest absolute Gasteiger partial charge is 0.465 e. The van der Waals surface area contributed by atoms with Crippen LogP contribution >= 0.6 is 11.8 Å². The van der Waals surface area contributed by atoms with Crippen LogP contribution in [0.5, 0.6) is 0 Å². The minimum atomic E-state index is -0.641. The molecule has 1 aliphatic heterocycles. The van der Waals surface area contributed by atoms with Crippen molar-refractivity contribution in [3.8, 4) is 5.69 Å². The molecule has 0 bridgehead atoms. The quantitative estimate of drug-likeness (QED) is 0.345. The van der Waals surface area contributed by atoms with Gasteiger partial charge in [-0.25, -0.2) is 9.59 Å². The number of carbonyl (C=O) groups is 4. The minimum absolute atomic E-state index is 0.00554. The molecule has 10 heteroatoms. The summed E-state index contributed by atoms with van der Waals surface area (Å²) in [5.41, 5.74) is 4.72. The third kappa shape index (κ3) is 4.59. The van der Waals surface area contributed by atoms with Gasteiger partial charge in [0.05, 0.1) is 31.2 Å². The molecule has 0 aliphatic carbocycles. The molecule has 1 aliphatic rings. The van der Waals surface area contributed by atoms with Gasteiger partial charge in [0, 0.05) is 17.1 Å². The van der Waals surface area contributed by atoms with Crippen LogP contribution in [0.2, 0.25) is 0 Å². The van der Waals surface area contributed by atoms with Gasteiger partial charge in [0.2, 0.25) is 5.76 Å². The van der Waals surface area contributed by atoms with Gasteiger partial charge in [0.1, 0.15) is 5.76 Å². The topological polar surface area (TPSA) is 108 Å². The molecule has 0 N–H and O–H groups in total. The summed E-state index contributed by atoms with van der Waals surface area (Å²) in [6.45, 7) is 5.68. The average Bonchev–Trinajstić information content (AvgIpc) is 3.52. The van der Waals surface area contributed by atoms with E-state index in [0.29, 0.717) is 5.56 Å². The van der Waals surface area contributed by atoms with E-state index in [1.807, 2.05) is 37.5 Å². The van der Waals surface area contributed by atoms with Crippen LogP contribution < -0.4 is 0 Å². The fourth-order valence-corrected chi connectivity index (χ4v) is 4.84. The summed E-state index contributed by atoms with van der Waals surface area (Å²) in [6, 6.07) is 10.2. The molecule has 1 saturated heterocycles. The van der Waals surface area contributed by atoms with Crippen LogP contribution in [-0.2, 0) is 20.8 Å². The first-order valence-electron chi connectivity index (χ1n) is 10.9. The molecule has 0 atom stereocenters. The Morgan fingerprint density at radius 3 is 2.42 bits per heavy atom. The first kappa shape index (κ1) is 25.1. The Kier molecular flexibility index (Phi) is 6.89. The molecule has 1 fully saturated rings. The molecule has 36 heavy (non-hydrogen) atoms. The van der Waals surface area contributed by atoms with Crippen molar-refractivity contribution < 1.29 is 33.1 Å². The lowest BCUT2D eigenvalue weighted by atomic mass is 10.1. The van der Waals surface area contributed by atoms with E-state index < -0.39 is 23.1 Å². The second kappa shape index (κ2) is 9.90. The van der Waals surface area contributed by atoms with Gasteiger partial charge in [-0.3, -0.25) is 14.5 Å². The number of amides is 2. The number of thioether (sulfide) groups is 1. The van der Waals surface area contributed by atoms with Crippen LogP contribution in [0.4, 0.5) is 4.79 Å². The van der Waals surface area contributed by atoms with Crippen molar-refractivity contribution in [2.24, 2.45) is 0 Å². The van der Waals surface area contributed by atoms with Crippen LogP contribution in [-0.4, -0.2) is 46.8 Å². The summed E-state index contributed by atoms with van der Waals surface area (Å²) in [5, 5.41) is -0.433. The van der Waals surface area contributed by atoms with Gasteiger partial charge in [-0.05, 0) is 80.1 Å². The van der Waals surface area contributed by atoms with E-state index in [-0.39, 0.29) is 23.0 Å². The molecule has 2 amide bonds. The smallest absolute Gasteiger partial charge is 0.373 e. The summed E-state index contributed by atoms with van der Waals surface area (Å²) in [7, 11) is 2.57. The third-order valence-electron chi connectivity index (χ3n) is 5.86. The van der Waals surface area contributed by atoms with Gasteiger partial charge in [-0.1, -0.05) is 6.07 Å². The number of carbonyl (C=O) groups excluding carboxylic acids is 4. The van der Waals surface area contributed by atoms with Gasteiger partial charge in [0.15, 0.2) is 0 Å². The molecule has 186 valence electrons. The molecular weight excluding hydrogens is 484 g/mol. The second-order valence-corrected chi connectivity index (χ2v) is 9.17. The van der Waals surface area contributed by atoms with Crippen molar-refractivity contribution in [1.82, 2.24) is 9.47 Å². The number of furan rings is 1. The molecule has 0 spiro atoms. The summed E-state index contributed by atoms with van der Waals surface area (Å²) in [5.74, 6) is -1.23. The predicted octanol–water partition coefficient (Wildman–Crippen LogP) is 4.81. The SMILES string of the molecule is COC(=O)c1ccc(C)c(-n2c(C)cc(/C=C3/SC(=O)N(Cc4ccc(C(=O)OC)o4)C3=O)c2C)c1. The maximum absolute atomic E-state index is 13.0. The maximum atomic E-state index is 13.0. The Bertz CT molecular complexity index is 1430. The summed E-state index contributed by atoms with van der Waals surface area (Å²) < 4.78 is 16.9. The van der Waals surface area contributed by atoms with Crippen molar-refractivity contribution in [2.75, 3.05) is 14.2 Å². The molecule has 2 aromatic heterocycles. The monoisotopic (exact) mass is 508 g/mol. The van der Waals surface area contributed by atoms with E-state index in [0.717, 1.165) is 44.9 Å². The fourth-order valence-electron chi connectivity index (χ4n) is 4.01. The normalized spacial score (nSPS) is 14.6. The lowest BCUT2D eigenvalue weighted by molar-refractivity contribution is -0.123. The molecule has 0 radical (unpaired) electrons.